The molecule has 2 saturated carbocycles. The molecule has 7 unspecified atom stereocenters. The van der Waals surface area contributed by atoms with Crippen molar-refractivity contribution in [3.05, 3.63) is 0 Å². The van der Waals surface area contributed by atoms with Gasteiger partial charge in [0, 0.05) is 24.2 Å². The molecule has 0 amide bonds. The van der Waals surface area contributed by atoms with Crippen molar-refractivity contribution in [2.45, 2.75) is 67.9 Å². The number of aliphatic hydroxyl groups is 1. The van der Waals surface area contributed by atoms with Gasteiger partial charge in [0.05, 0.1) is 12.1 Å². The minimum atomic E-state index is -0.886. The fourth-order valence-corrected chi connectivity index (χ4v) is 7.37. The van der Waals surface area contributed by atoms with Gasteiger partial charge in [0.1, 0.15) is 11.4 Å². The molecule has 124 valence electrons. The van der Waals surface area contributed by atoms with E-state index in [1.165, 1.54) is 25.0 Å². The number of rotatable bonds is 2. The van der Waals surface area contributed by atoms with E-state index in [1.54, 1.807) is 7.11 Å². The molecule has 4 aliphatic rings. The maximum absolute atomic E-state index is 11.7. The quantitative estimate of drug-likeness (QED) is 0.817. The van der Waals surface area contributed by atoms with Gasteiger partial charge >= 0.3 is 0 Å². The number of amidine groups is 1. The largest absolute Gasteiger partial charge is 0.385 e. The van der Waals surface area contributed by atoms with Crippen LogP contribution in [0.15, 0.2) is 4.99 Å². The van der Waals surface area contributed by atoms with E-state index in [0.717, 1.165) is 31.6 Å². The summed E-state index contributed by atoms with van der Waals surface area (Å²) in [7, 11) is 1.78. The van der Waals surface area contributed by atoms with E-state index in [2.05, 4.69) is 11.8 Å². The predicted octanol–water partition coefficient (Wildman–Crippen LogP) is 2.19. The normalized spacial score (nSPS) is 51.3. The zero-order chi connectivity index (χ0) is 15.3. The molecular formula is C17H28N2O2S. The third-order valence-electron chi connectivity index (χ3n) is 6.70. The van der Waals surface area contributed by atoms with Crippen LogP contribution in [0, 0.1) is 17.8 Å². The second-order valence-corrected chi connectivity index (χ2v) is 8.89. The van der Waals surface area contributed by atoms with Gasteiger partial charge in [-0.25, -0.2) is 0 Å². The van der Waals surface area contributed by atoms with Crippen LogP contribution in [-0.2, 0) is 4.74 Å². The first-order valence-corrected chi connectivity index (χ1v) is 9.90. The topological polar surface area (TPSA) is 67.8 Å². The zero-order valence-electron chi connectivity index (χ0n) is 13.4. The van der Waals surface area contributed by atoms with Crippen LogP contribution in [0.5, 0.6) is 0 Å². The summed E-state index contributed by atoms with van der Waals surface area (Å²) >= 11 is 2.07. The Morgan fingerprint density at radius 2 is 2.09 bits per heavy atom. The fourth-order valence-electron chi connectivity index (χ4n) is 5.54. The summed E-state index contributed by atoms with van der Waals surface area (Å²) in [6, 6.07) is 0.211. The molecule has 3 N–H and O–H groups in total. The molecular weight excluding hydrogens is 296 g/mol. The summed E-state index contributed by atoms with van der Waals surface area (Å²) in [5.41, 5.74) is 5.44. The lowest BCUT2D eigenvalue weighted by Gasteiger charge is -2.47. The van der Waals surface area contributed by atoms with E-state index >= 15 is 0 Å². The standard InChI is InChI=1S/C17H28N2O2S/c1-21-11-5-6-14-13(9-11)17(20,16(18)19-14)12-4-2-3-10-7-8-22-15(10)12/h10-15,20H,2-9H2,1H3,(H2,18,19). The first-order chi connectivity index (χ1) is 10.6. The van der Waals surface area contributed by atoms with Gasteiger partial charge < -0.3 is 15.6 Å². The molecule has 0 aromatic rings. The number of fused-ring (bicyclic) bond motifs is 2. The molecule has 1 saturated heterocycles. The van der Waals surface area contributed by atoms with Crippen LogP contribution in [0.3, 0.4) is 0 Å². The Labute approximate surface area is 137 Å². The summed E-state index contributed by atoms with van der Waals surface area (Å²) in [4.78, 5) is 4.70. The monoisotopic (exact) mass is 324 g/mol. The Balaban J connectivity index is 1.64. The second kappa shape index (κ2) is 5.67. The van der Waals surface area contributed by atoms with Crippen LogP contribution in [0.4, 0.5) is 0 Å². The van der Waals surface area contributed by atoms with Crippen LogP contribution < -0.4 is 5.73 Å². The molecule has 4 rings (SSSR count). The Hall–Kier alpha value is -0.260. The van der Waals surface area contributed by atoms with Gasteiger partial charge in [-0.05, 0) is 50.2 Å². The number of nitrogens with zero attached hydrogens (tertiary/aromatic N) is 1. The van der Waals surface area contributed by atoms with Crippen molar-refractivity contribution >= 4 is 17.6 Å². The highest BCUT2D eigenvalue weighted by Crippen LogP contribution is 2.54. The van der Waals surface area contributed by atoms with E-state index in [-0.39, 0.29) is 24.0 Å². The Bertz CT molecular complexity index is 472. The highest BCUT2D eigenvalue weighted by molar-refractivity contribution is 8.00. The number of nitrogens with two attached hydrogens (primary N) is 1. The average Bonchev–Trinajstić information content (AvgIpc) is 3.11. The van der Waals surface area contributed by atoms with Gasteiger partial charge in [0.15, 0.2) is 0 Å². The summed E-state index contributed by atoms with van der Waals surface area (Å²) in [6.45, 7) is 0. The molecule has 2 heterocycles. The lowest BCUT2D eigenvalue weighted by atomic mass is 9.63. The maximum Gasteiger partial charge on any atom is 0.130 e. The highest BCUT2D eigenvalue weighted by Gasteiger charge is 2.59. The van der Waals surface area contributed by atoms with Crippen LogP contribution >= 0.6 is 11.8 Å². The van der Waals surface area contributed by atoms with Crippen molar-refractivity contribution in [1.29, 1.82) is 0 Å². The van der Waals surface area contributed by atoms with Gasteiger partial charge in [-0.1, -0.05) is 6.42 Å². The summed E-state index contributed by atoms with van der Waals surface area (Å²) in [5, 5.41) is 12.3. The lowest BCUT2D eigenvalue weighted by molar-refractivity contribution is -0.0599. The number of thioether (sulfide) groups is 1. The molecule has 4 nitrogen and oxygen atoms in total. The van der Waals surface area contributed by atoms with Gasteiger partial charge in [0.25, 0.3) is 0 Å². The van der Waals surface area contributed by atoms with E-state index in [9.17, 15) is 5.11 Å². The van der Waals surface area contributed by atoms with Gasteiger partial charge in [-0.2, -0.15) is 11.8 Å². The number of aliphatic imine (C=N–C) groups is 1. The molecule has 3 fully saturated rings. The number of ether oxygens (including phenoxy) is 1. The zero-order valence-corrected chi connectivity index (χ0v) is 14.2. The van der Waals surface area contributed by atoms with Crippen molar-refractivity contribution in [3.8, 4) is 0 Å². The minimum absolute atomic E-state index is 0.163. The fraction of sp³-hybridized carbons (Fsp3) is 0.941. The molecule has 0 aromatic carbocycles. The smallest absolute Gasteiger partial charge is 0.130 e. The van der Waals surface area contributed by atoms with E-state index in [1.807, 2.05) is 0 Å². The van der Waals surface area contributed by atoms with Crippen LogP contribution in [0.25, 0.3) is 0 Å². The predicted molar refractivity (Wildman–Crippen MR) is 90.2 cm³/mol. The van der Waals surface area contributed by atoms with Crippen molar-refractivity contribution in [3.63, 3.8) is 0 Å². The lowest BCUT2D eigenvalue weighted by Crippen LogP contribution is -2.59. The summed E-state index contributed by atoms with van der Waals surface area (Å²) in [6.07, 6.45) is 8.17. The molecule has 22 heavy (non-hydrogen) atoms. The van der Waals surface area contributed by atoms with Gasteiger partial charge in [0.2, 0.25) is 0 Å². The molecule has 2 aliphatic carbocycles. The SMILES string of the molecule is COC1CCC2N=C(N)C(O)(C3CCCC4CCSC43)C2C1. The van der Waals surface area contributed by atoms with E-state index < -0.39 is 5.60 Å². The summed E-state index contributed by atoms with van der Waals surface area (Å²) < 4.78 is 5.59. The Morgan fingerprint density at radius 1 is 1.23 bits per heavy atom. The third kappa shape index (κ3) is 2.15. The van der Waals surface area contributed by atoms with Crippen LogP contribution in [0.2, 0.25) is 0 Å². The Morgan fingerprint density at radius 3 is 2.91 bits per heavy atom. The second-order valence-electron chi connectivity index (χ2n) is 7.61. The molecule has 2 aliphatic heterocycles. The number of methoxy groups -OCH3 is 1. The number of hydrogen-bond acceptors (Lipinski definition) is 5. The van der Waals surface area contributed by atoms with Crippen LogP contribution in [0.1, 0.15) is 44.9 Å². The van der Waals surface area contributed by atoms with Crippen molar-refractivity contribution in [2.24, 2.45) is 28.5 Å². The number of hydrogen-bond donors (Lipinski definition) is 2. The van der Waals surface area contributed by atoms with Crippen LogP contribution in [-0.4, -0.2) is 46.8 Å². The Kier molecular flexibility index (Phi) is 3.94. The first-order valence-electron chi connectivity index (χ1n) is 8.85. The molecule has 0 aromatic heterocycles. The molecule has 5 heteroatoms. The minimum Gasteiger partial charge on any atom is -0.385 e. The van der Waals surface area contributed by atoms with Gasteiger partial charge in [-0.15, -0.1) is 0 Å². The van der Waals surface area contributed by atoms with Gasteiger partial charge in [-0.3, -0.25) is 4.99 Å². The average molecular weight is 324 g/mol. The van der Waals surface area contributed by atoms with E-state index in [4.69, 9.17) is 15.5 Å². The summed E-state index contributed by atoms with van der Waals surface area (Å²) in [5.74, 6) is 3.00. The third-order valence-corrected chi connectivity index (χ3v) is 8.26. The van der Waals surface area contributed by atoms with Crippen molar-refractivity contribution in [2.75, 3.05) is 12.9 Å². The first kappa shape index (κ1) is 15.3. The maximum atomic E-state index is 11.7. The molecule has 0 bridgehead atoms. The molecule has 0 radical (unpaired) electrons. The van der Waals surface area contributed by atoms with Crippen molar-refractivity contribution < 1.29 is 9.84 Å². The van der Waals surface area contributed by atoms with Crippen molar-refractivity contribution in [1.82, 2.24) is 0 Å². The molecule has 7 atom stereocenters. The van der Waals surface area contributed by atoms with E-state index in [0.29, 0.717) is 11.1 Å². The molecule has 0 spiro atoms. The highest BCUT2D eigenvalue weighted by atomic mass is 32.2.